The van der Waals surface area contributed by atoms with Gasteiger partial charge in [0.25, 0.3) is 5.56 Å². The lowest BCUT2D eigenvalue weighted by Gasteiger charge is -1.95. The van der Waals surface area contributed by atoms with E-state index in [9.17, 15) is 4.79 Å². The normalized spacial score (nSPS) is 10.4. The zero-order valence-electron chi connectivity index (χ0n) is 6.40. The Labute approximate surface area is 67.5 Å². The third-order valence-electron chi connectivity index (χ3n) is 1.65. The molecule has 0 aliphatic carbocycles. The molecule has 0 aliphatic heterocycles. The molecule has 5 heteroatoms. The van der Waals surface area contributed by atoms with Gasteiger partial charge in [-0.05, 0) is 6.92 Å². The molecule has 2 aromatic heterocycles. The van der Waals surface area contributed by atoms with E-state index in [2.05, 4.69) is 20.2 Å². The molecule has 0 amide bonds. The summed E-state index contributed by atoms with van der Waals surface area (Å²) in [5.41, 5.74) is 1.00. The van der Waals surface area contributed by atoms with Crippen LogP contribution in [0.25, 0.3) is 10.9 Å². The number of aromatic amines is 1. The maximum absolute atomic E-state index is 11.2. The van der Waals surface area contributed by atoms with Gasteiger partial charge in [-0.2, -0.15) is 5.10 Å². The molecule has 5 nitrogen and oxygen atoms in total. The Kier molecular flexibility index (Phi) is 1.36. The molecule has 0 radical (unpaired) electrons. The summed E-state index contributed by atoms with van der Waals surface area (Å²) < 4.78 is 0. The van der Waals surface area contributed by atoms with Crippen molar-refractivity contribution in [2.24, 2.45) is 0 Å². The Morgan fingerprint density at radius 1 is 1.42 bits per heavy atom. The van der Waals surface area contributed by atoms with E-state index in [0.717, 1.165) is 0 Å². The molecule has 0 atom stereocenters. The van der Waals surface area contributed by atoms with Gasteiger partial charge in [-0.3, -0.25) is 4.79 Å². The second-order valence-electron chi connectivity index (χ2n) is 2.42. The molecule has 0 saturated heterocycles. The fourth-order valence-corrected chi connectivity index (χ4v) is 1.08. The molecule has 0 unspecified atom stereocenters. The number of H-pyrrole nitrogens is 1. The first-order chi connectivity index (χ1) is 5.79. The highest BCUT2D eigenvalue weighted by Gasteiger charge is 2.02. The van der Waals surface area contributed by atoms with Crippen LogP contribution in [0.2, 0.25) is 0 Å². The van der Waals surface area contributed by atoms with Gasteiger partial charge in [0, 0.05) is 0 Å². The molecule has 2 heterocycles. The zero-order valence-corrected chi connectivity index (χ0v) is 6.40. The van der Waals surface area contributed by atoms with Gasteiger partial charge >= 0.3 is 0 Å². The molecule has 0 fully saturated rings. The predicted octanol–water partition coefficient (Wildman–Crippen LogP) is 0.0215. The quantitative estimate of drug-likeness (QED) is 0.592. The average molecular weight is 162 g/mol. The van der Waals surface area contributed by atoms with Crippen LogP contribution in [0.15, 0.2) is 17.3 Å². The second kappa shape index (κ2) is 2.37. The lowest BCUT2D eigenvalue weighted by molar-refractivity contribution is 0.992. The van der Waals surface area contributed by atoms with Crippen molar-refractivity contribution in [3.05, 3.63) is 28.6 Å². The Hall–Kier alpha value is -1.78. The number of aromatic nitrogens is 4. The van der Waals surface area contributed by atoms with E-state index in [1.165, 1.54) is 12.5 Å². The molecule has 2 aromatic rings. The number of nitrogens with one attached hydrogen (secondary N) is 1. The minimum Gasteiger partial charge on any atom is -0.267 e. The maximum atomic E-state index is 11.2. The van der Waals surface area contributed by atoms with E-state index in [1.807, 2.05) is 0 Å². The lowest BCUT2D eigenvalue weighted by Crippen LogP contribution is -2.10. The van der Waals surface area contributed by atoms with E-state index >= 15 is 0 Å². The van der Waals surface area contributed by atoms with Crippen molar-refractivity contribution in [2.75, 3.05) is 0 Å². The van der Waals surface area contributed by atoms with Crippen molar-refractivity contribution in [3.63, 3.8) is 0 Å². The van der Waals surface area contributed by atoms with E-state index in [1.54, 1.807) is 6.92 Å². The molecular formula is C7H6N4O. The Balaban J connectivity index is 3.07. The van der Waals surface area contributed by atoms with Crippen LogP contribution in [0.4, 0.5) is 0 Å². The number of nitrogens with zero attached hydrogens (tertiary/aromatic N) is 3. The summed E-state index contributed by atoms with van der Waals surface area (Å²) in [5, 5.41) is 6.46. The van der Waals surface area contributed by atoms with Crippen LogP contribution in [0.1, 0.15) is 5.69 Å². The maximum Gasteiger partial charge on any atom is 0.275 e. The number of hydrogen-bond acceptors (Lipinski definition) is 4. The molecule has 60 valence electrons. The van der Waals surface area contributed by atoms with E-state index in [0.29, 0.717) is 16.6 Å². The van der Waals surface area contributed by atoms with Crippen molar-refractivity contribution in [1.29, 1.82) is 0 Å². The first-order valence-corrected chi connectivity index (χ1v) is 3.44. The van der Waals surface area contributed by atoms with Crippen LogP contribution in [0.3, 0.4) is 0 Å². The van der Waals surface area contributed by atoms with Gasteiger partial charge in [-0.1, -0.05) is 0 Å². The summed E-state index contributed by atoms with van der Waals surface area (Å²) in [7, 11) is 0. The van der Waals surface area contributed by atoms with E-state index < -0.39 is 0 Å². The molecule has 0 spiro atoms. The van der Waals surface area contributed by atoms with Crippen LogP contribution in [0, 0.1) is 6.92 Å². The van der Waals surface area contributed by atoms with Gasteiger partial charge < -0.3 is 0 Å². The largest absolute Gasteiger partial charge is 0.275 e. The molecule has 0 bridgehead atoms. The molecule has 0 aromatic carbocycles. The Morgan fingerprint density at radius 3 is 3.00 bits per heavy atom. The molecular weight excluding hydrogens is 156 g/mol. The topological polar surface area (TPSA) is 71.5 Å². The molecule has 2 rings (SSSR count). The third-order valence-corrected chi connectivity index (χ3v) is 1.65. The van der Waals surface area contributed by atoms with Crippen LogP contribution < -0.4 is 5.56 Å². The summed E-state index contributed by atoms with van der Waals surface area (Å²) in [6.07, 6.45) is 2.92. The van der Waals surface area contributed by atoms with Crippen LogP contribution in [-0.2, 0) is 0 Å². The van der Waals surface area contributed by atoms with Crippen molar-refractivity contribution >= 4 is 10.9 Å². The minimum absolute atomic E-state index is 0.245. The molecule has 0 aliphatic rings. The van der Waals surface area contributed by atoms with E-state index in [-0.39, 0.29) is 5.56 Å². The number of fused-ring (bicyclic) bond motifs is 1. The number of hydrogen-bond donors (Lipinski definition) is 1. The van der Waals surface area contributed by atoms with Gasteiger partial charge in [0.1, 0.15) is 6.33 Å². The van der Waals surface area contributed by atoms with Gasteiger partial charge in [-0.25, -0.2) is 15.1 Å². The van der Waals surface area contributed by atoms with Crippen LogP contribution in [-0.4, -0.2) is 20.2 Å². The minimum atomic E-state index is -0.245. The van der Waals surface area contributed by atoms with Crippen molar-refractivity contribution in [3.8, 4) is 0 Å². The number of rotatable bonds is 0. The standard InChI is InChI=1S/C7H6N4O/c1-4-6-5(9-3-8-4)2-10-11-7(6)12/h2-3H,1H3,(H,11,12). The van der Waals surface area contributed by atoms with Gasteiger partial charge in [0.2, 0.25) is 0 Å². The summed E-state index contributed by atoms with van der Waals surface area (Å²) in [6, 6.07) is 0. The van der Waals surface area contributed by atoms with Crippen LogP contribution in [0.5, 0.6) is 0 Å². The predicted molar refractivity (Wildman–Crippen MR) is 42.7 cm³/mol. The SMILES string of the molecule is Cc1ncnc2cn[nH]c(=O)c12. The van der Waals surface area contributed by atoms with Gasteiger partial charge in [-0.15, -0.1) is 0 Å². The smallest absolute Gasteiger partial charge is 0.267 e. The monoisotopic (exact) mass is 162 g/mol. The fourth-order valence-electron chi connectivity index (χ4n) is 1.08. The van der Waals surface area contributed by atoms with Gasteiger partial charge in [0.15, 0.2) is 0 Å². The fraction of sp³-hybridized carbons (Fsp3) is 0.143. The lowest BCUT2D eigenvalue weighted by atomic mass is 10.3. The summed E-state index contributed by atoms with van der Waals surface area (Å²) >= 11 is 0. The molecule has 0 saturated carbocycles. The first kappa shape index (κ1) is 6.90. The first-order valence-electron chi connectivity index (χ1n) is 3.44. The van der Waals surface area contributed by atoms with Crippen molar-refractivity contribution in [1.82, 2.24) is 20.2 Å². The van der Waals surface area contributed by atoms with Gasteiger partial charge in [0.05, 0.1) is 22.8 Å². The third kappa shape index (κ3) is 0.868. The zero-order chi connectivity index (χ0) is 8.55. The highest BCUT2D eigenvalue weighted by Crippen LogP contribution is 2.04. The van der Waals surface area contributed by atoms with E-state index in [4.69, 9.17) is 0 Å². The van der Waals surface area contributed by atoms with Crippen molar-refractivity contribution in [2.45, 2.75) is 6.92 Å². The second-order valence-corrected chi connectivity index (χ2v) is 2.42. The average Bonchev–Trinajstić information content (AvgIpc) is 2.04. The highest BCUT2D eigenvalue weighted by atomic mass is 16.1. The molecule has 1 N–H and O–H groups in total. The molecule has 12 heavy (non-hydrogen) atoms. The van der Waals surface area contributed by atoms with Crippen molar-refractivity contribution < 1.29 is 0 Å². The highest BCUT2D eigenvalue weighted by molar-refractivity contribution is 5.77. The summed E-state index contributed by atoms with van der Waals surface area (Å²) in [4.78, 5) is 19.0. The Bertz CT molecular complexity index is 471. The summed E-state index contributed by atoms with van der Waals surface area (Å²) in [5.74, 6) is 0. The Morgan fingerprint density at radius 2 is 2.25 bits per heavy atom. The summed E-state index contributed by atoms with van der Waals surface area (Å²) in [6.45, 7) is 1.76. The number of aryl methyl sites for hydroxylation is 1. The van der Waals surface area contributed by atoms with Crippen LogP contribution >= 0.6 is 0 Å².